The molecule has 1 aliphatic rings. The SMILES string of the molecule is Cc1nc(N(C)CCc2ccncc2)cc(N2c3ccccc3CC2C)n1. The van der Waals surface area contributed by atoms with Crippen LogP contribution in [-0.4, -0.2) is 34.6 Å². The monoisotopic (exact) mass is 359 g/mol. The van der Waals surface area contributed by atoms with Gasteiger partial charge >= 0.3 is 0 Å². The molecule has 138 valence electrons. The molecule has 1 unspecified atom stereocenters. The smallest absolute Gasteiger partial charge is 0.139 e. The summed E-state index contributed by atoms with van der Waals surface area (Å²) in [5.41, 5.74) is 3.92. The van der Waals surface area contributed by atoms with Gasteiger partial charge in [-0.3, -0.25) is 4.98 Å². The fraction of sp³-hybridized carbons (Fsp3) is 0.318. The van der Waals surface area contributed by atoms with Gasteiger partial charge in [-0.05, 0) is 56.0 Å². The van der Waals surface area contributed by atoms with E-state index in [0.29, 0.717) is 6.04 Å². The molecule has 0 saturated heterocycles. The van der Waals surface area contributed by atoms with Crippen LogP contribution in [-0.2, 0) is 12.8 Å². The number of aryl methyl sites for hydroxylation is 1. The second-order valence-electron chi connectivity index (χ2n) is 7.21. The van der Waals surface area contributed by atoms with E-state index in [4.69, 9.17) is 4.98 Å². The van der Waals surface area contributed by atoms with E-state index >= 15 is 0 Å². The summed E-state index contributed by atoms with van der Waals surface area (Å²) in [6, 6.07) is 15.2. The minimum absolute atomic E-state index is 0.395. The van der Waals surface area contributed by atoms with Gasteiger partial charge in [0.2, 0.25) is 0 Å². The molecule has 3 heterocycles. The van der Waals surface area contributed by atoms with Crippen LogP contribution in [0.1, 0.15) is 23.9 Å². The zero-order valence-corrected chi connectivity index (χ0v) is 16.1. The predicted molar refractivity (Wildman–Crippen MR) is 110 cm³/mol. The number of anilines is 3. The lowest BCUT2D eigenvalue weighted by molar-refractivity contribution is 0.745. The van der Waals surface area contributed by atoms with E-state index in [-0.39, 0.29) is 0 Å². The number of pyridine rings is 1. The summed E-state index contributed by atoms with van der Waals surface area (Å²) in [5.74, 6) is 2.74. The Morgan fingerprint density at radius 2 is 1.89 bits per heavy atom. The molecule has 0 spiro atoms. The van der Waals surface area contributed by atoms with Crippen LogP contribution < -0.4 is 9.80 Å². The Morgan fingerprint density at radius 3 is 2.70 bits per heavy atom. The highest BCUT2D eigenvalue weighted by atomic mass is 15.3. The van der Waals surface area contributed by atoms with Gasteiger partial charge in [0, 0.05) is 43.8 Å². The Morgan fingerprint density at radius 1 is 1.11 bits per heavy atom. The second kappa shape index (κ2) is 7.35. The molecule has 1 aromatic carbocycles. The van der Waals surface area contributed by atoms with Crippen LogP contribution in [0.2, 0.25) is 0 Å². The third-order valence-corrected chi connectivity index (χ3v) is 5.14. The number of aromatic nitrogens is 3. The fourth-order valence-corrected chi connectivity index (χ4v) is 3.73. The lowest BCUT2D eigenvalue weighted by Crippen LogP contribution is -2.27. The number of hydrogen-bond donors (Lipinski definition) is 0. The summed E-state index contributed by atoms with van der Waals surface area (Å²) in [7, 11) is 2.09. The molecule has 0 saturated carbocycles. The van der Waals surface area contributed by atoms with Gasteiger partial charge in [0.05, 0.1) is 0 Å². The van der Waals surface area contributed by atoms with Crippen LogP contribution in [0.3, 0.4) is 0 Å². The zero-order chi connectivity index (χ0) is 18.8. The van der Waals surface area contributed by atoms with Crippen molar-refractivity contribution in [2.24, 2.45) is 0 Å². The van der Waals surface area contributed by atoms with Crippen molar-refractivity contribution in [2.75, 3.05) is 23.4 Å². The molecule has 0 radical (unpaired) electrons. The first-order chi connectivity index (χ1) is 13.1. The first-order valence-electron chi connectivity index (χ1n) is 9.44. The molecule has 0 N–H and O–H groups in total. The molecule has 0 aliphatic carbocycles. The van der Waals surface area contributed by atoms with Crippen LogP contribution in [0, 0.1) is 6.92 Å². The van der Waals surface area contributed by atoms with Gasteiger partial charge in [0.1, 0.15) is 17.5 Å². The number of likely N-dealkylation sites (N-methyl/N-ethyl adjacent to an activating group) is 1. The number of fused-ring (bicyclic) bond motifs is 1. The number of rotatable bonds is 5. The summed E-state index contributed by atoms with van der Waals surface area (Å²) >= 11 is 0. The van der Waals surface area contributed by atoms with E-state index < -0.39 is 0 Å². The van der Waals surface area contributed by atoms with Crippen molar-refractivity contribution < 1.29 is 0 Å². The molecule has 0 bridgehead atoms. The number of para-hydroxylation sites is 1. The molecule has 5 nitrogen and oxygen atoms in total. The van der Waals surface area contributed by atoms with Crippen LogP contribution in [0.15, 0.2) is 54.9 Å². The van der Waals surface area contributed by atoms with Gasteiger partial charge in [-0.25, -0.2) is 9.97 Å². The minimum Gasteiger partial charge on any atom is -0.359 e. The molecule has 1 aliphatic heterocycles. The van der Waals surface area contributed by atoms with Crippen LogP contribution in [0.25, 0.3) is 0 Å². The van der Waals surface area contributed by atoms with Crippen LogP contribution in [0.4, 0.5) is 17.3 Å². The lowest BCUT2D eigenvalue weighted by atomic mass is 10.1. The topological polar surface area (TPSA) is 45.2 Å². The molecule has 2 aromatic heterocycles. The first kappa shape index (κ1) is 17.5. The highest BCUT2D eigenvalue weighted by molar-refractivity contribution is 5.70. The van der Waals surface area contributed by atoms with E-state index in [1.807, 2.05) is 19.3 Å². The molecule has 5 heteroatoms. The number of hydrogen-bond acceptors (Lipinski definition) is 5. The quantitative estimate of drug-likeness (QED) is 0.690. The number of benzene rings is 1. The first-order valence-corrected chi connectivity index (χ1v) is 9.44. The molecule has 1 atom stereocenters. The van der Waals surface area contributed by atoms with Gasteiger partial charge in [0.15, 0.2) is 0 Å². The van der Waals surface area contributed by atoms with Gasteiger partial charge in [-0.15, -0.1) is 0 Å². The van der Waals surface area contributed by atoms with Gasteiger partial charge in [-0.2, -0.15) is 0 Å². The van der Waals surface area contributed by atoms with Gasteiger partial charge in [-0.1, -0.05) is 18.2 Å². The Labute approximate surface area is 160 Å². The maximum atomic E-state index is 4.75. The van der Waals surface area contributed by atoms with E-state index in [1.165, 1.54) is 16.8 Å². The third-order valence-electron chi connectivity index (χ3n) is 5.14. The fourth-order valence-electron chi connectivity index (χ4n) is 3.73. The summed E-state index contributed by atoms with van der Waals surface area (Å²) < 4.78 is 0. The second-order valence-corrected chi connectivity index (χ2v) is 7.21. The third kappa shape index (κ3) is 3.63. The largest absolute Gasteiger partial charge is 0.359 e. The summed E-state index contributed by atoms with van der Waals surface area (Å²) in [6.45, 7) is 5.12. The summed E-state index contributed by atoms with van der Waals surface area (Å²) in [6.07, 6.45) is 5.69. The van der Waals surface area contributed by atoms with Crippen molar-refractivity contribution >= 4 is 17.3 Å². The Hall–Kier alpha value is -2.95. The van der Waals surface area contributed by atoms with Crippen molar-refractivity contribution in [1.29, 1.82) is 0 Å². The normalized spacial score (nSPS) is 15.7. The van der Waals surface area contributed by atoms with Crippen LogP contribution >= 0.6 is 0 Å². The average Bonchev–Trinajstić information content (AvgIpc) is 3.02. The Balaban J connectivity index is 1.58. The number of nitrogens with zero attached hydrogens (tertiary/aromatic N) is 5. The average molecular weight is 359 g/mol. The minimum atomic E-state index is 0.395. The van der Waals surface area contributed by atoms with E-state index in [0.717, 1.165) is 36.8 Å². The molecular weight excluding hydrogens is 334 g/mol. The highest BCUT2D eigenvalue weighted by Crippen LogP contribution is 2.37. The van der Waals surface area contributed by atoms with E-state index in [2.05, 4.69) is 76.2 Å². The van der Waals surface area contributed by atoms with Crippen molar-refractivity contribution in [3.63, 3.8) is 0 Å². The maximum Gasteiger partial charge on any atom is 0.139 e. The van der Waals surface area contributed by atoms with Crippen molar-refractivity contribution in [3.05, 3.63) is 71.8 Å². The van der Waals surface area contributed by atoms with E-state index in [1.54, 1.807) is 0 Å². The molecule has 4 rings (SSSR count). The van der Waals surface area contributed by atoms with Crippen molar-refractivity contribution in [2.45, 2.75) is 32.7 Å². The maximum absolute atomic E-state index is 4.75. The van der Waals surface area contributed by atoms with Gasteiger partial charge < -0.3 is 9.80 Å². The molecular formula is C22H25N5. The highest BCUT2D eigenvalue weighted by Gasteiger charge is 2.28. The van der Waals surface area contributed by atoms with Crippen molar-refractivity contribution in [1.82, 2.24) is 15.0 Å². The Kier molecular flexibility index (Phi) is 4.75. The van der Waals surface area contributed by atoms with Crippen LogP contribution in [0.5, 0.6) is 0 Å². The van der Waals surface area contributed by atoms with Gasteiger partial charge in [0.25, 0.3) is 0 Å². The summed E-state index contributed by atoms with van der Waals surface area (Å²) in [4.78, 5) is 18.0. The molecule has 0 fully saturated rings. The lowest BCUT2D eigenvalue weighted by Gasteiger charge is -2.26. The standard InChI is InChI=1S/C22H25N5/c1-16-14-19-6-4-5-7-20(19)27(16)22-15-21(24-17(2)25-22)26(3)13-10-18-8-11-23-12-9-18/h4-9,11-12,15-16H,10,13-14H2,1-3H3. The Bertz CT molecular complexity index is 925. The summed E-state index contributed by atoms with van der Waals surface area (Å²) in [5, 5.41) is 0. The molecule has 3 aromatic rings. The molecule has 0 amide bonds. The van der Waals surface area contributed by atoms with Crippen molar-refractivity contribution in [3.8, 4) is 0 Å². The zero-order valence-electron chi connectivity index (χ0n) is 16.1. The predicted octanol–water partition coefficient (Wildman–Crippen LogP) is 3.94. The van der Waals surface area contributed by atoms with E-state index in [9.17, 15) is 0 Å². The molecule has 27 heavy (non-hydrogen) atoms.